The van der Waals surface area contributed by atoms with Gasteiger partial charge in [0.25, 0.3) is 5.56 Å². The second kappa shape index (κ2) is 9.60. The Balaban J connectivity index is 1.92. The highest BCUT2D eigenvalue weighted by atomic mass is 35.5. The molecule has 0 bridgehead atoms. The summed E-state index contributed by atoms with van der Waals surface area (Å²) in [5.74, 6) is 0.570. The van der Waals surface area contributed by atoms with Gasteiger partial charge in [0.1, 0.15) is 5.75 Å². The fourth-order valence-corrected chi connectivity index (χ4v) is 3.71. The van der Waals surface area contributed by atoms with Crippen LogP contribution in [0.2, 0.25) is 5.02 Å². The van der Waals surface area contributed by atoms with Gasteiger partial charge in [0.15, 0.2) is 11.2 Å². The number of aliphatic hydroxyl groups excluding tert-OH is 1. The number of aliphatic hydroxyl groups is 1. The molecular formula is C23H24ClN5O4. The van der Waals surface area contributed by atoms with Crippen molar-refractivity contribution in [2.45, 2.75) is 32.9 Å². The average Bonchev–Trinajstić information content (AvgIpc) is 3.17. The molecule has 3 aromatic heterocycles. The number of pyridine rings is 1. The van der Waals surface area contributed by atoms with Gasteiger partial charge < -0.3 is 9.84 Å². The first-order valence-electron chi connectivity index (χ1n) is 10.6. The second-order valence-electron chi connectivity index (χ2n) is 7.60. The minimum Gasteiger partial charge on any atom is -0.425 e. The largest absolute Gasteiger partial charge is 0.425 e. The van der Waals surface area contributed by atoms with Gasteiger partial charge in [0.05, 0.1) is 17.3 Å². The third-order valence-electron chi connectivity index (χ3n) is 5.36. The van der Waals surface area contributed by atoms with Crippen molar-refractivity contribution in [1.82, 2.24) is 23.7 Å². The van der Waals surface area contributed by atoms with Crippen LogP contribution in [0.1, 0.15) is 24.6 Å². The summed E-state index contributed by atoms with van der Waals surface area (Å²) in [5.41, 5.74) is 1.15. The summed E-state index contributed by atoms with van der Waals surface area (Å²) in [4.78, 5) is 35.0. The van der Waals surface area contributed by atoms with Gasteiger partial charge in [-0.25, -0.2) is 4.79 Å². The van der Waals surface area contributed by atoms with E-state index >= 15 is 0 Å². The van der Waals surface area contributed by atoms with E-state index in [-0.39, 0.29) is 43.3 Å². The van der Waals surface area contributed by atoms with E-state index in [0.717, 1.165) is 16.6 Å². The minimum absolute atomic E-state index is 0.0943. The van der Waals surface area contributed by atoms with Crippen molar-refractivity contribution in [2.24, 2.45) is 7.05 Å². The lowest BCUT2D eigenvalue weighted by Crippen LogP contribution is -2.39. The first-order chi connectivity index (χ1) is 15.9. The molecule has 9 nitrogen and oxygen atoms in total. The molecule has 0 amide bonds. The number of hydrogen-bond donors (Lipinski definition) is 1. The molecule has 33 heavy (non-hydrogen) atoms. The first kappa shape index (κ1) is 22.8. The van der Waals surface area contributed by atoms with Crippen molar-refractivity contribution in [3.8, 4) is 11.8 Å². The van der Waals surface area contributed by atoms with Crippen molar-refractivity contribution in [2.75, 3.05) is 6.61 Å². The predicted octanol–water partition coefficient (Wildman–Crippen LogP) is 2.73. The normalized spacial score (nSPS) is 11.3. The molecule has 0 spiro atoms. The first-order valence-corrected chi connectivity index (χ1v) is 11.0. The Labute approximate surface area is 194 Å². The van der Waals surface area contributed by atoms with E-state index in [9.17, 15) is 14.7 Å². The topological polar surface area (TPSA) is 104 Å². The molecule has 1 N–H and O–H groups in total. The summed E-state index contributed by atoms with van der Waals surface area (Å²) in [7, 11) is 1.55. The smallest absolute Gasteiger partial charge is 0.332 e. The lowest BCUT2D eigenvalue weighted by molar-refractivity contribution is 0.277. The summed E-state index contributed by atoms with van der Waals surface area (Å²) in [5, 5.41) is 9.69. The molecule has 0 fully saturated rings. The van der Waals surface area contributed by atoms with Gasteiger partial charge >= 0.3 is 11.7 Å². The van der Waals surface area contributed by atoms with Crippen LogP contribution >= 0.6 is 11.6 Å². The van der Waals surface area contributed by atoms with Crippen LogP contribution in [0.4, 0.5) is 0 Å². The van der Waals surface area contributed by atoms with Crippen molar-refractivity contribution < 1.29 is 9.84 Å². The van der Waals surface area contributed by atoms with Gasteiger partial charge in [-0.05, 0) is 42.7 Å². The number of imidazole rings is 1. The molecular weight excluding hydrogens is 446 g/mol. The van der Waals surface area contributed by atoms with Crippen LogP contribution in [0.5, 0.6) is 11.8 Å². The van der Waals surface area contributed by atoms with Gasteiger partial charge in [-0.15, -0.1) is 0 Å². The van der Waals surface area contributed by atoms with Crippen molar-refractivity contribution in [3.05, 3.63) is 79.7 Å². The van der Waals surface area contributed by atoms with E-state index in [1.807, 2.05) is 31.2 Å². The van der Waals surface area contributed by atoms with E-state index in [2.05, 4.69) is 9.97 Å². The molecule has 0 aliphatic rings. The van der Waals surface area contributed by atoms with E-state index in [1.54, 1.807) is 23.7 Å². The van der Waals surface area contributed by atoms with Crippen LogP contribution in [0.15, 0.2) is 52.2 Å². The van der Waals surface area contributed by atoms with Crippen LogP contribution in [-0.4, -0.2) is 35.4 Å². The minimum atomic E-state index is -0.505. The number of halogens is 1. The molecule has 0 aliphatic heterocycles. The van der Waals surface area contributed by atoms with Crippen LogP contribution < -0.4 is 16.0 Å². The molecule has 4 rings (SSSR count). The van der Waals surface area contributed by atoms with Crippen molar-refractivity contribution >= 4 is 22.8 Å². The maximum Gasteiger partial charge on any atom is 0.332 e. The zero-order valence-electron chi connectivity index (χ0n) is 18.4. The molecule has 3 heterocycles. The maximum atomic E-state index is 13.3. The van der Waals surface area contributed by atoms with Gasteiger partial charge in [-0.3, -0.25) is 23.5 Å². The molecule has 0 unspecified atom stereocenters. The summed E-state index contributed by atoms with van der Waals surface area (Å²) in [6.45, 7) is 2.19. The maximum absolute atomic E-state index is 13.3. The molecule has 4 aromatic rings. The Morgan fingerprint density at radius 3 is 2.67 bits per heavy atom. The van der Waals surface area contributed by atoms with E-state index in [4.69, 9.17) is 16.3 Å². The van der Waals surface area contributed by atoms with Crippen molar-refractivity contribution in [1.29, 1.82) is 0 Å². The van der Waals surface area contributed by atoms with E-state index < -0.39 is 11.2 Å². The zero-order chi connectivity index (χ0) is 23.5. The van der Waals surface area contributed by atoms with Crippen LogP contribution in [-0.2, 0) is 26.6 Å². The number of aromatic nitrogens is 5. The van der Waals surface area contributed by atoms with E-state index in [1.165, 1.54) is 10.8 Å². The number of aryl methyl sites for hydroxylation is 2. The summed E-state index contributed by atoms with van der Waals surface area (Å²) in [6, 6.07) is 11.2. The highest BCUT2D eigenvalue weighted by molar-refractivity contribution is 6.30. The summed E-state index contributed by atoms with van der Waals surface area (Å²) in [6.07, 6.45) is 2.64. The Morgan fingerprint density at radius 2 is 1.97 bits per heavy atom. The molecule has 0 aliphatic carbocycles. The Morgan fingerprint density at radius 1 is 1.15 bits per heavy atom. The Kier molecular flexibility index (Phi) is 6.62. The Bertz CT molecular complexity index is 1410. The van der Waals surface area contributed by atoms with E-state index in [0.29, 0.717) is 16.5 Å². The predicted molar refractivity (Wildman–Crippen MR) is 125 cm³/mol. The quantitative estimate of drug-likeness (QED) is 0.425. The number of nitrogens with zero attached hydrogens (tertiary/aromatic N) is 5. The van der Waals surface area contributed by atoms with Crippen LogP contribution in [0, 0.1) is 0 Å². The summed E-state index contributed by atoms with van der Waals surface area (Å²) < 4.78 is 10.1. The fourth-order valence-electron chi connectivity index (χ4n) is 3.60. The zero-order valence-corrected chi connectivity index (χ0v) is 19.1. The average molecular weight is 470 g/mol. The van der Waals surface area contributed by atoms with Crippen LogP contribution in [0.25, 0.3) is 11.2 Å². The third kappa shape index (κ3) is 4.55. The monoisotopic (exact) mass is 469 g/mol. The lowest BCUT2D eigenvalue weighted by atomic mass is 10.2. The molecule has 172 valence electrons. The highest BCUT2D eigenvalue weighted by Crippen LogP contribution is 2.26. The number of benzene rings is 1. The number of rotatable bonds is 8. The molecule has 10 heteroatoms. The molecule has 0 saturated carbocycles. The van der Waals surface area contributed by atoms with Gasteiger partial charge in [-0.2, -0.15) is 4.98 Å². The van der Waals surface area contributed by atoms with Gasteiger partial charge in [-0.1, -0.05) is 30.7 Å². The van der Waals surface area contributed by atoms with Gasteiger partial charge in [0.2, 0.25) is 0 Å². The second-order valence-corrected chi connectivity index (χ2v) is 8.04. The third-order valence-corrected chi connectivity index (χ3v) is 5.59. The molecule has 0 saturated heterocycles. The number of fused-ring (bicyclic) bond motifs is 1. The number of hydrogen-bond acceptors (Lipinski definition) is 6. The molecule has 1 aromatic carbocycles. The van der Waals surface area contributed by atoms with Gasteiger partial charge in [0, 0.05) is 26.4 Å². The molecule has 0 radical (unpaired) electrons. The lowest BCUT2D eigenvalue weighted by Gasteiger charge is -2.11. The number of ether oxygens (including phenoxy) is 1. The highest BCUT2D eigenvalue weighted by Gasteiger charge is 2.22. The SMILES string of the molecule is CCc1cccc(Oc2nc3c(c(=O)n(CCCO)c(=O)n3C)n2Cc2ccc(Cl)cn2)c1. The van der Waals surface area contributed by atoms with Crippen molar-refractivity contribution in [3.63, 3.8) is 0 Å². The van der Waals surface area contributed by atoms with Crippen LogP contribution in [0.3, 0.4) is 0 Å². The summed E-state index contributed by atoms with van der Waals surface area (Å²) >= 11 is 5.97. The Hall–Kier alpha value is -3.43. The molecule has 0 atom stereocenters. The standard InChI is InChI=1S/C23H24ClN5O4/c1-3-15-6-4-7-18(12-15)33-22-26-20-19(29(22)14-17-9-8-16(24)13-25-17)21(31)28(10-5-11-30)23(32)27(20)2/h4,6-9,12-13,30H,3,5,10-11,14H2,1-2H3. The fraction of sp³-hybridized carbons (Fsp3) is 0.304.